The number of aryl methyl sites for hydroxylation is 1. The highest BCUT2D eigenvalue weighted by Gasteiger charge is 2.54. The Balaban J connectivity index is 2.05. The summed E-state index contributed by atoms with van der Waals surface area (Å²) in [4.78, 5) is 11.1. The van der Waals surface area contributed by atoms with Crippen LogP contribution in [0.2, 0.25) is 5.02 Å². The highest BCUT2D eigenvalue weighted by molar-refractivity contribution is 7.89. The van der Waals surface area contributed by atoms with Gasteiger partial charge in [0, 0.05) is 12.1 Å². The van der Waals surface area contributed by atoms with Gasteiger partial charge in [0.1, 0.15) is 10.7 Å². The van der Waals surface area contributed by atoms with Crippen LogP contribution in [-0.2, 0) is 14.8 Å². The Hall–Kier alpha value is -1.18. The molecular formula is C14H15ClFNO4S. The Morgan fingerprint density at radius 3 is 2.68 bits per heavy atom. The minimum absolute atomic E-state index is 0.156. The first-order valence-corrected chi connectivity index (χ1v) is 8.77. The molecular weight excluding hydrogens is 333 g/mol. The predicted molar refractivity (Wildman–Crippen MR) is 77.7 cm³/mol. The van der Waals surface area contributed by atoms with E-state index in [2.05, 4.69) is 0 Å². The van der Waals surface area contributed by atoms with Gasteiger partial charge in [0.25, 0.3) is 0 Å². The van der Waals surface area contributed by atoms with Crippen LogP contribution in [0.25, 0.3) is 0 Å². The van der Waals surface area contributed by atoms with E-state index in [9.17, 15) is 22.7 Å². The molecule has 0 spiro atoms. The van der Waals surface area contributed by atoms with Gasteiger partial charge in [0.15, 0.2) is 0 Å². The summed E-state index contributed by atoms with van der Waals surface area (Å²) in [7, 11) is -3.94. The second kappa shape index (κ2) is 5.18. The number of hydrogen-bond donors (Lipinski definition) is 1. The molecule has 3 atom stereocenters. The van der Waals surface area contributed by atoms with Crippen LogP contribution in [0.1, 0.15) is 24.8 Å². The van der Waals surface area contributed by atoms with E-state index in [-0.39, 0.29) is 21.5 Å². The van der Waals surface area contributed by atoms with E-state index in [0.717, 1.165) is 6.07 Å². The van der Waals surface area contributed by atoms with Gasteiger partial charge >= 0.3 is 5.97 Å². The zero-order valence-electron chi connectivity index (χ0n) is 11.8. The van der Waals surface area contributed by atoms with Crippen LogP contribution in [0.15, 0.2) is 17.0 Å². The molecule has 0 saturated carbocycles. The molecule has 2 saturated heterocycles. The highest BCUT2D eigenvalue weighted by Crippen LogP contribution is 2.45. The molecule has 3 unspecified atom stereocenters. The standard InChI is InChI=1S/C14H15ClFNO4S/c1-7-4-13(10(15)6-11(7)16)22(20,21)17-8-2-3-12(17)9(5-8)14(18)19/h4,6,8-9,12H,2-3,5H2,1H3,(H,18,19). The number of aliphatic carboxylic acids is 1. The summed E-state index contributed by atoms with van der Waals surface area (Å²) in [5.41, 5.74) is 0.185. The molecule has 22 heavy (non-hydrogen) atoms. The van der Waals surface area contributed by atoms with Crippen molar-refractivity contribution in [1.82, 2.24) is 4.31 Å². The quantitative estimate of drug-likeness (QED) is 0.911. The maximum Gasteiger partial charge on any atom is 0.308 e. The van der Waals surface area contributed by atoms with Gasteiger partial charge in [-0.25, -0.2) is 12.8 Å². The van der Waals surface area contributed by atoms with Gasteiger partial charge in [-0.1, -0.05) is 11.6 Å². The number of rotatable bonds is 3. The zero-order valence-corrected chi connectivity index (χ0v) is 13.4. The number of hydrogen-bond acceptors (Lipinski definition) is 3. The molecule has 2 heterocycles. The van der Waals surface area contributed by atoms with E-state index in [1.807, 2.05) is 0 Å². The topological polar surface area (TPSA) is 74.7 Å². The van der Waals surface area contributed by atoms with Crippen LogP contribution >= 0.6 is 11.6 Å². The first-order chi connectivity index (χ1) is 10.2. The maximum absolute atomic E-state index is 13.5. The van der Waals surface area contributed by atoms with Crippen LogP contribution in [0.5, 0.6) is 0 Å². The Morgan fingerprint density at radius 1 is 1.41 bits per heavy atom. The fourth-order valence-corrected chi connectivity index (χ4v) is 6.01. The monoisotopic (exact) mass is 347 g/mol. The fourth-order valence-electron chi connectivity index (χ4n) is 3.52. The lowest BCUT2D eigenvalue weighted by atomic mass is 9.89. The summed E-state index contributed by atoms with van der Waals surface area (Å²) in [6.45, 7) is 1.46. The van der Waals surface area contributed by atoms with Crippen molar-refractivity contribution in [3.8, 4) is 0 Å². The molecule has 0 amide bonds. The molecule has 8 heteroatoms. The van der Waals surface area contributed by atoms with E-state index < -0.39 is 33.8 Å². The molecule has 3 rings (SSSR count). The van der Waals surface area contributed by atoms with Crippen molar-refractivity contribution in [3.05, 3.63) is 28.5 Å². The van der Waals surface area contributed by atoms with Crippen LogP contribution in [0.3, 0.4) is 0 Å². The molecule has 2 fully saturated rings. The van der Waals surface area contributed by atoms with Crippen LogP contribution in [0, 0.1) is 18.7 Å². The molecule has 2 bridgehead atoms. The number of halogens is 2. The molecule has 1 aromatic rings. The molecule has 0 aliphatic carbocycles. The van der Waals surface area contributed by atoms with Crippen molar-refractivity contribution in [2.75, 3.05) is 0 Å². The fraction of sp³-hybridized carbons (Fsp3) is 0.500. The lowest BCUT2D eigenvalue weighted by Crippen LogP contribution is -2.38. The van der Waals surface area contributed by atoms with Crippen molar-refractivity contribution in [3.63, 3.8) is 0 Å². The molecule has 5 nitrogen and oxygen atoms in total. The Bertz CT molecular complexity index is 751. The highest BCUT2D eigenvalue weighted by atomic mass is 35.5. The first-order valence-electron chi connectivity index (χ1n) is 6.95. The maximum atomic E-state index is 13.5. The molecule has 2 aliphatic heterocycles. The second-order valence-corrected chi connectivity index (χ2v) is 8.06. The van der Waals surface area contributed by atoms with Crippen LogP contribution in [-0.4, -0.2) is 35.9 Å². The van der Waals surface area contributed by atoms with E-state index in [4.69, 9.17) is 11.6 Å². The largest absolute Gasteiger partial charge is 0.481 e. The van der Waals surface area contributed by atoms with Crippen molar-refractivity contribution in [1.29, 1.82) is 0 Å². The summed E-state index contributed by atoms with van der Waals surface area (Å²) in [5.74, 6) is -2.24. The third-order valence-corrected chi connectivity index (χ3v) is 7.00. The average molecular weight is 348 g/mol. The molecule has 120 valence electrons. The number of nitrogens with zero attached hydrogens (tertiary/aromatic N) is 1. The SMILES string of the molecule is Cc1cc(S(=O)(=O)N2C3CCC2C(C(=O)O)C3)c(Cl)cc1F. The molecule has 1 N–H and O–H groups in total. The van der Waals surface area contributed by atoms with Gasteiger partial charge in [-0.2, -0.15) is 4.31 Å². The lowest BCUT2D eigenvalue weighted by molar-refractivity contribution is -0.142. The lowest BCUT2D eigenvalue weighted by Gasteiger charge is -2.23. The minimum Gasteiger partial charge on any atom is -0.481 e. The summed E-state index contributed by atoms with van der Waals surface area (Å²) in [6.07, 6.45) is 1.49. The van der Waals surface area contributed by atoms with E-state index in [0.29, 0.717) is 19.3 Å². The minimum atomic E-state index is -3.94. The summed E-state index contributed by atoms with van der Waals surface area (Å²) in [5, 5.41) is 9.05. The van der Waals surface area contributed by atoms with Crippen LogP contribution in [0.4, 0.5) is 4.39 Å². The van der Waals surface area contributed by atoms with Crippen molar-refractivity contribution in [2.45, 2.75) is 43.2 Å². The summed E-state index contributed by atoms with van der Waals surface area (Å²) < 4.78 is 40.5. The Morgan fingerprint density at radius 2 is 2.09 bits per heavy atom. The summed E-state index contributed by atoms with van der Waals surface area (Å²) in [6, 6.07) is 1.32. The van der Waals surface area contributed by atoms with Gasteiger partial charge in [-0.15, -0.1) is 0 Å². The van der Waals surface area contributed by atoms with Crippen molar-refractivity contribution in [2.24, 2.45) is 5.92 Å². The van der Waals surface area contributed by atoms with Gasteiger partial charge in [-0.05, 0) is 43.9 Å². The Labute approximate surface area is 132 Å². The predicted octanol–water partition coefficient (Wildman–Crippen LogP) is 2.41. The smallest absolute Gasteiger partial charge is 0.308 e. The normalized spacial score (nSPS) is 28.2. The Kier molecular flexibility index (Phi) is 3.70. The van der Waals surface area contributed by atoms with E-state index in [1.54, 1.807) is 0 Å². The van der Waals surface area contributed by atoms with Crippen molar-refractivity contribution >= 4 is 27.6 Å². The van der Waals surface area contributed by atoms with Crippen molar-refractivity contribution < 1.29 is 22.7 Å². The number of carbonyl (C=O) groups is 1. The first kappa shape index (κ1) is 15.7. The molecule has 0 aromatic heterocycles. The van der Waals surface area contributed by atoms with Gasteiger partial charge in [0.2, 0.25) is 10.0 Å². The van der Waals surface area contributed by atoms with Crippen LogP contribution < -0.4 is 0 Å². The zero-order chi connectivity index (χ0) is 16.2. The van der Waals surface area contributed by atoms with Gasteiger partial charge < -0.3 is 5.11 Å². The number of carboxylic acids is 1. The van der Waals surface area contributed by atoms with Gasteiger partial charge in [-0.3, -0.25) is 4.79 Å². The summed E-state index contributed by atoms with van der Waals surface area (Å²) >= 11 is 5.92. The number of carboxylic acid groups (broad SMARTS) is 1. The molecule has 2 aliphatic rings. The van der Waals surface area contributed by atoms with E-state index >= 15 is 0 Å². The van der Waals surface area contributed by atoms with Gasteiger partial charge in [0.05, 0.1) is 10.9 Å². The number of benzene rings is 1. The number of fused-ring (bicyclic) bond motifs is 2. The van der Waals surface area contributed by atoms with E-state index in [1.165, 1.54) is 17.3 Å². The third kappa shape index (κ3) is 2.23. The second-order valence-electron chi connectivity index (χ2n) is 5.85. The third-order valence-electron chi connectivity index (χ3n) is 4.56. The molecule has 1 aromatic carbocycles. The average Bonchev–Trinajstić information content (AvgIpc) is 3.01. The number of sulfonamides is 1. The molecule has 0 radical (unpaired) electrons.